The Balaban J connectivity index is 1.38. The van der Waals surface area contributed by atoms with E-state index in [9.17, 15) is 10.5 Å². The van der Waals surface area contributed by atoms with E-state index >= 15 is 0 Å². The predicted octanol–water partition coefficient (Wildman–Crippen LogP) is 10.4. The van der Waals surface area contributed by atoms with E-state index in [0.29, 0.717) is 22.5 Å². The SMILES string of the molecule is N#Cc1cc(-n2c3ccc(-c4ccccc4)cc3c3c4ccccc4ccc32)c(C#N)cc1-n1c2ccccc2c2ccccc21. The van der Waals surface area contributed by atoms with Crippen LogP contribution in [0.3, 0.4) is 0 Å². The lowest BCUT2D eigenvalue weighted by Crippen LogP contribution is -2.04. The van der Waals surface area contributed by atoms with Gasteiger partial charge in [0.05, 0.1) is 44.6 Å². The Morgan fingerprint density at radius 3 is 1.57 bits per heavy atom. The molecule has 0 atom stereocenters. The minimum atomic E-state index is 0.495. The monoisotopic (exact) mass is 584 g/mol. The fraction of sp³-hybridized carbons (Fsp3) is 0. The summed E-state index contributed by atoms with van der Waals surface area (Å²) >= 11 is 0. The van der Waals surface area contributed by atoms with Crippen LogP contribution < -0.4 is 0 Å². The van der Waals surface area contributed by atoms with Gasteiger partial charge in [-0.2, -0.15) is 10.5 Å². The normalized spacial score (nSPS) is 11.4. The van der Waals surface area contributed by atoms with Gasteiger partial charge < -0.3 is 9.13 Å². The van der Waals surface area contributed by atoms with Crippen molar-refractivity contribution in [1.29, 1.82) is 10.5 Å². The summed E-state index contributed by atoms with van der Waals surface area (Å²) in [6.45, 7) is 0. The van der Waals surface area contributed by atoms with Crippen molar-refractivity contribution >= 4 is 54.4 Å². The maximum Gasteiger partial charge on any atom is 0.101 e. The van der Waals surface area contributed by atoms with Gasteiger partial charge in [-0.3, -0.25) is 0 Å². The van der Waals surface area contributed by atoms with Crippen LogP contribution in [0.15, 0.2) is 146 Å². The molecule has 4 heteroatoms. The molecular formula is C42H24N4. The molecule has 9 aromatic rings. The summed E-state index contributed by atoms with van der Waals surface area (Å²) in [5, 5.41) is 28.0. The summed E-state index contributed by atoms with van der Waals surface area (Å²) in [4.78, 5) is 0. The lowest BCUT2D eigenvalue weighted by atomic mass is 10.0. The van der Waals surface area contributed by atoms with Crippen molar-refractivity contribution in [3.05, 3.63) is 157 Å². The van der Waals surface area contributed by atoms with E-state index in [1.807, 2.05) is 42.5 Å². The van der Waals surface area contributed by atoms with Gasteiger partial charge in [-0.15, -0.1) is 0 Å². The van der Waals surface area contributed by atoms with Crippen LogP contribution in [0.5, 0.6) is 0 Å². The molecule has 0 aliphatic rings. The predicted molar refractivity (Wildman–Crippen MR) is 187 cm³/mol. The van der Waals surface area contributed by atoms with Crippen LogP contribution in [0, 0.1) is 22.7 Å². The summed E-state index contributed by atoms with van der Waals surface area (Å²) in [6, 6.07) is 54.8. The molecule has 2 heterocycles. The lowest BCUT2D eigenvalue weighted by molar-refractivity contribution is 1.12. The van der Waals surface area contributed by atoms with Crippen LogP contribution in [0.2, 0.25) is 0 Å². The Hall–Kier alpha value is -6.62. The number of para-hydroxylation sites is 2. The third-order valence-corrected chi connectivity index (χ3v) is 9.18. The van der Waals surface area contributed by atoms with Crippen molar-refractivity contribution in [2.75, 3.05) is 0 Å². The van der Waals surface area contributed by atoms with Crippen molar-refractivity contribution in [2.24, 2.45) is 0 Å². The van der Waals surface area contributed by atoms with E-state index in [1.54, 1.807) is 0 Å². The molecule has 9 rings (SSSR count). The first-order valence-electron chi connectivity index (χ1n) is 15.2. The van der Waals surface area contributed by atoms with Crippen LogP contribution >= 0.6 is 0 Å². The third kappa shape index (κ3) is 3.65. The Morgan fingerprint density at radius 2 is 0.913 bits per heavy atom. The molecule has 0 saturated heterocycles. The van der Waals surface area contributed by atoms with Crippen LogP contribution in [0.4, 0.5) is 0 Å². The van der Waals surface area contributed by atoms with Crippen LogP contribution in [0.1, 0.15) is 11.1 Å². The van der Waals surface area contributed by atoms with Gasteiger partial charge in [0, 0.05) is 21.5 Å². The third-order valence-electron chi connectivity index (χ3n) is 9.18. The minimum absolute atomic E-state index is 0.495. The van der Waals surface area contributed by atoms with Crippen LogP contribution in [-0.2, 0) is 0 Å². The molecule has 46 heavy (non-hydrogen) atoms. The second-order valence-electron chi connectivity index (χ2n) is 11.6. The molecule has 0 unspecified atom stereocenters. The molecule has 0 aliphatic carbocycles. The average Bonchev–Trinajstić information content (AvgIpc) is 3.64. The molecule has 0 saturated carbocycles. The maximum absolute atomic E-state index is 10.7. The van der Waals surface area contributed by atoms with Crippen molar-refractivity contribution < 1.29 is 0 Å². The Bertz CT molecular complexity index is 2710. The molecule has 0 radical (unpaired) electrons. The van der Waals surface area contributed by atoms with Gasteiger partial charge in [0.25, 0.3) is 0 Å². The van der Waals surface area contributed by atoms with Crippen LogP contribution in [0.25, 0.3) is 76.9 Å². The number of nitriles is 2. The number of nitrogens with zero attached hydrogens (tertiary/aromatic N) is 4. The first-order valence-corrected chi connectivity index (χ1v) is 15.2. The van der Waals surface area contributed by atoms with E-state index in [4.69, 9.17) is 0 Å². The Kier molecular flexibility index (Phi) is 5.59. The van der Waals surface area contributed by atoms with Gasteiger partial charge in [0.1, 0.15) is 12.1 Å². The van der Waals surface area contributed by atoms with Gasteiger partial charge in [-0.25, -0.2) is 0 Å². The first-order chi connectivity index (χ1) is 22.7. The molecule has 0 aliphatic heterocycles. The highest BCUT2D eigenvalue weighted by Gasteiger charge is 2.21. The standard InChI is InChI=1S/C42H24N4/c43-25-30-24-41(31(26-44)23-40(30)45-36-16-8-6-14-33(36)34-15-7-9-17-37(34)45)46-38-20-19-29(27-10-2-1-3-11-27)22-35(38)42-32-13-5-4-12-28(32)18-21-39(42)46/h1-24H. The van der Waals surface area contributed by atoms with Crippen molar-refractivity contribution in [3.63, 3.8) is 0 Å². The summed E-state index contributed by atoms with van der Waals surface area (Å²) in [5.41, 5.74) is 8.60. The van der Waals surface area contributed by atoms with E-state index < -0.39 is 0 Å². The molecule has 0 N–H and O–H groups in total. The summed E-state index contributed by atoms with van der Waals surface area (Å²) in [7, 11) is 0. The zero-order valence-electron chi connectivity index (χ0n) is 24.6. The van der Waals surface area contributed by atoms with E-state index in [0.717, 1.165) is 65.5 Å². The summed E-state index contributed by atoms with van der Waals surface area (Å²) in [6.07, 6.45) is 0. The number of fused-ring (bicyclic) bond motifs is 8. The van der Waals surface area contributed by atoms with Crippen molar-refractivity contribution in [1.82, 2.24) is 9.13 Å². The summed E-state index contributed by atoms with van der Waals surface area (Å²) in [5.74, 6) is 0. The number of rotatable bonds is 3. The van der Waals surface area contributed by atoms with Crippen molar-refractivity contribution in [3.8, 4) is 34.6 Å². The molecule has 4 nitrogen and oxygen atoms in total. The van der Waals surface area contributed by atoms with Crippen LogP contribution in [-0.4, -0.2) is 9.13 Å². The van der Waals surface area contributed by atoms with E-state index in [1.165, 1.54) is 0 Å². The molecule has 0 bridgehead atoms. The Morgan fingerprint density at radius 1 is 0.391 bits per heavy atom. The van der Waals surface area contributed by atoms with E-state index in [2.05, 4.69) is 124 Å². The van der Waals surface area contributed by atoms with Gasteiger partial charge in [0.15, 0.2) is 0 Å². The molecule has 2 aromatic heterocycles. The number of hydrogen-bond donors (Lipinski definition) is 0. The second-order valence-corrected chi connectivity index (χ2v) is 11.6. The number of hydrogen-bond acceptors (Lipinski definition) is 2. The van der Waals surface area contributed by atoms with E-state index in [-0.39, 0.29) is 0 Å². The van der Waals surface area contributed by atoms with Gasteiger partial charge >= 0.3 is 0 Å². The average molecular weight is 585 g/mol. The fourth-order valence-electron chi connectivity index (χ4n) is 7.17. The Labute approximate surface area is 264 Å². The van der Waals surface area contributed by atoms with Gasteiger partial charge in [-0.1, -0.05) is 103 Å². The molecular weight excluding hydrogens is 560 g/mol. The van der Waals surface area contributed by atoms with Gasteiger partial charge in [-0.05, 0) is 64.4 Å². The second kappa shape index (κ2) is 9.96. The van der Waals surface area contributed by atoms with Gasteiger partial charge in [0.2, 0.25) is 0 Å². The van der Waals surface area contributed by atoms with Crippen molar-refractivity contribution in [2.45, 2.75) is 0 Å². The molecule has 7 aromatic carbocycles. The maximum atomic E-state index is 10.7. The minimum Gasteiger partial charge on any atom is -0.308 e. The molecule has 0 fully saturated rings. The number of aromatic nitrogens is 2. The lowest BCUT2D eigenvalue weighted by Gasteiger charge is -2.15. The quantitative estimate of drug-likeness (QED) is 0.207. The zero-order chi connectivity index (χ0) is 30.8. The highest BCUT2D eigenvalue weighted by atomic mass is 15.0. The summed E-state index contributed by atoms with van der Waals surface area (Å²) < 4.78 is 4.26. The largest absolute Gasteiger partial charge is 0.308 e. The molecule has 212 valence electrons. The zero-order valence-corrected chi connectivity index (χ0v) is 24.6. The topological polar surface area (TPSA) is 57.4 Å². The first kappa shape index (κ1) is 25.8. The fourth-order valence-corrected chi connectivity index (χ4v) is 7.17. The number of benzene rings is 7. The highest BCUT2D eigenvalue weighted by molar-refractivity contribution is 6.22. The smallest absolute Gasteiger partial charge is 0.101 e. The molecule has 0 spiro atoms. The highest BCUT2D eigenvalue weighted by Crippen LogP contribution is 2.41. The molecule has 0 amide bonds.